The molecule has 0 aliphatic carbocycles. The minimum absolute atomic E-state index is 0.0751. The summed E-state index contributed by atoms with van der Waals surface area (Å²) in [5.41, 5.74) is 6.23. The Morgan fingerprint density at radius 2 is 2.00 bits per heavy atom. The Bertz CT molecular complexity index is 531. The van der Waals surface area contributed by atoms with E-state index in [0.29, 0.717) is 13.0 Å². The average molecular weight is 269 g/mol. The first-order chi connectivity index (χ1) is 8.56. The summed E-state index contributed by atoms with van der Waals surface area (Å²) in [4.78, 5) is 4.27. The molecule has 2 aromatic rings. The molecule has 0 amide bonds. The number of nitrogen functional groups attached to an aromatic ring is 1. The summed E-state index contributed by atoms with van der Waals surface area (Å²) in [7, 11) is 0. The Kier molecular flexibility index (Phi) is 3.76. The van der Waals surface area contributed by atoms with Crippen LogP contribution in [0.2, 0.25) is 0 Å². The molecule has 0 bridgehead atoms. The molecule has 3 N–H and O–H groups in total. The molecule has 0 atom stereocenters. The van der Waals surface area contributed by atoms with Gasteiger partial charge in [0.25, 0.3) is 0 Å². The molecule has 2 rings (SSSR count). The molecule has 0 saturated carbocycles. The minimum Gasteiger partial charge on any atom is -0.399 e. The summed E-state index contributed by atoms with van der Waals surface area (Å²) < 4.78 is 26.9. The molecule has 0 radical (unpaired) electrons. The second-order valence-corrected chi connectivity index (χ2v) is 4.86. The van der Waals surface area contributed by atoms with Gasteiger partial charge in [0.15, 0.2) is 11.6 Å². The summed E-state index contributed by atoms with van der Waals surface area (Å²) >= 11 is 1.54. The van der Waals surface area contributed by atoms with E-state index in [2.05, 4.69) is 10.3 Å². The number of nitrogens with zero attached hydrogens (tertiary/aromatic N) is 1. The first-order valence-corrected chi connectivity index (χ1v) is 6.33. The van der Waals surface area contributed by atoms with Crippen LogP contribution in [0.3, 0.4) is 0 Å². The van der Waals surface area contributed by atoms with Gasteiger partial charge in [-0.2, -0.15) is 0 Å². The van der Waals surface area contributed by atoms with E-state index in [1.165, 1.54) is 11.3 Å². The second-order valence-electron chi connectivity index (χ2n) is 3.92. The number of aromatic nitrogens is 1. The van der Waals surface area contributed by atoms with Crippen LogP contribution in [-0.4, -0.2) is 11.5 Å². The van der Waals surface area contributed by atoms with Crippen molar-refractivity contribution in [1.82, 2.24) is 4.98 Å². The minimum atomic E-state index is -0.678. The van der Waals surface area contributed by atoms with Crippen molar-refractivity contribution in [2.24, 2.45) is 0 Å². The van der Waals surface area contributed by atoms with Gasteiger partial charge in [-0.15, -0.1) is 11.3 Å². The molecule has 96 valence electrons. The maximum Gasteiger partial charge on any atom is 0.151 e. The molecule has 0 aliphatic rings. The second kappa shape index (κ2) is 5.30. The highest BCUT2D eigenvalue weighted by Crippen LogP contribution is 2.22. The van der Waals surface area contributed by atoms with E-state index in [-0.39, 0.29) is 11.4 Å². The summed E-state index contributed by atoms with van der Waals surface area (Å²) in [5.74, 6) is -1.36. The largest absolute Gasteiger partial charge is 0.399 e. The number of hydrogen-bond acceptors (Lipinski definition) is 4. The van der Waals surface area contributed by atoms with Gasteiger partial charge in [-0.3, -0.25) is 0 Å². The van der Waals surface area contributed by atoms with Crippen LogP contribution in [0, 0.1) is 18.6 Å². The zero-order valence-electron chi connectivity index (χ0n) is 9.84. The SMILES string of the molecule is Cc1csc(CCNc2c(F)cc(N)cc2F)n1. The Balaban J connectivity index is 1.98. The number of nitrogens with one attached hydrogen (secondary N) is 1. The number of anilines is 2. The highest BCUT2D eigenvalue weighted by atomic mass is 32.1. The topological polar surface area (TPSA) is 50.9 Å². The van der Waals surface area contributed by atoms with E-state index in [4.69, 9.17) is 5.73 Å². The standard InChI is InChI=1S/C12H13F2N3S/c1-7-6-18-11(17-7)2-3-16-12-9(13)4-8(15)5-10(12)14/h4-6,16H,2-3,15H2,1H3. The Hall–Kier alpha value is -1.69. The van der Waals surface area contributed by atoms with Crippen molar-refractivity contribution < 1.29 is 8.78 Å². The van der Waals surface area contributed by atoms with Gasteiger partial charge in [0.05, 0.1) is 5.01 Å². The molecule has 0 spiro atoms. The van der Waals surface area contributed by atoms with Crippen molar-refractivity contribution >= 4 is 22.7 Å². The van der Waals surface area contributed by atoms with Crippen LogP contribution < -0.4 is 11.1 Å². The van der Waals surface area contributed by atoms with E-state index < -0.39 is 11.6 Å². The Labute approximate surface area is 108 Å². The van der Waals surface area contributed by atoms with Gasteiger partial charge in [-0.1, -0.05) is 0 Å². The number of hydrogen-bond donors (Lipinski definition) is 2. The molecule has 0 aliphatic heterocycles. The Morgan fingerprint density at radius 1 is 1.33 bits per heavy atom. The van der Waals surface area contributed by atoms with Gasteiger partial charge in [-0.05, 0) is 19.1 Å². The smallest absolute Gasteiger partial charge is 0.151 e. The van der Waals surface area contributed by atoms with Crippen LogP contribution in [-0.2, 0) is 6.42 Å². The van der Waals surface area contributed by atoms with Crippen molar-refractivity contribution in [2.75, 3.05) is 17.6 Å². The molecule has 6 heteroatoms. The summed E-state index contributed by atoms with van der Waals surface area (Å²) in [6, 6.07) is 2.19. The van der Waals surface area contributed by atoms with Crippen LogP contribution in [0.15, 0.2) is 17.5 Å². The van der Waals surface area contributed by atoms with Gasteiger partial charge in [0, 0.05) is 29.7 Å². The third-order valence-electron chi connectivity index (χ3n) is 2.37. The van der Waals surface area contributed by atoms with Gasteiger partial charge in [-0.25, -0.2) is 13.8 Å². The van der Waals surface area contributed by atoms with Crippen LogP contribution in [0.4, 0.5) is 20.2 Å². The number of rotatable bonds is 4. The van der Waals surface area contributed by atoms with Crippen molar-refractivity contribution in [3.8, 4) is 0 Å². The van der Waals surface area contributed by atoms with Crippen molar-refractivity contribution in [3.05, 3.63) is 39.8 Å². The van der Waals surface area contributed by atoms with Gasteiger partial charge >= 0.3 is 0 Å². The lowest BCUT2D eigenvalue weighted by atomic mass is 10.2. The third kappa shape index (κ3) is 2.95. The molecule has 1 aromatic heterocycles. The lowest BCUT2D eigenvalue weighted by Crippen LogP contribution is -2.08. The monoisotopic (exact) mass is 269 g/mol. The maximum absolute atomic E-state index is 13.4. The molecule has 18 heavy (non-hydrogen) atoms. The average Bonchev–Trinajstić information content (AvgIpc) is 2.68. The van der Waals surface area contributed by atoms with E-state index in [1.807, 2.05) is 12.3 Å². The van der Waals surface area contributed by atoms with E-state index in [9.17, 15) is 8.78 Å². The quantitative estimate of drug-likeness (QED) is 0.839. The first kappa shape index (κ1) is 12.8. The highest BCUT2D eigenvalue weighted by Gasteiger charge is 2.09. The van der Waals surface area contributed by atoms with E-state index >= 15 is 0 Å². The van der Waals surface area contributed by atoms with Gasteiger partial charge in [0.2, 0.25) is 0 Å². The van der Waals surface area contributed by atoms with Gasteiger partial charge < -0.3 is 11.1 Å². The first-order valence-electron chi connectivity index (χ1n) is 5.45. The zero-order valence-corrected chi connectivity index (χ0v) is 10.7. The van der Waals surface area contributed by atoms with Crippen LogP contribution in [0.25, 0.3) is 0 Å². The lowest BCUT2D eigenvalue weighted by Gasteiger charge is -2.08. The number of halogens is 2. The number of aryl methyl sites for hydroxylation is 1. The van der Waals surface area contributed by atoms with E-state index in [0.717, 1.165) is 22.8 Å². The Morgan fingerprint density at radius 3 is 2.56 bits per heavy atom. The fourth-order valence-corrected chi connectivity index (χ4v) is 2.35. The van der Waals surface area contributed by atoms with Crippen molar-refractivity contribution in [2.45, 2.75) is 13.3 Å². The zero-order chi connectivity index (χ0) is 13.1. The molecular weight excluding hydrogens is 256 g/mol. The van der Waals surface area contributed by atoms with Crippen molar-refractivity contribution in [3.63, 3.8) is 0 Å². The summed E-state index contributed by atoms with van der Waals surface area (Å²) in [5, 5.41) is 5.61. The number of nitrogens with two attached hydrogens (primary N) is 1. The third-order valence-corrected chi connectivity index (χ3v) is 3.40. The van der Waals surface area contributed by atoms with Crippen LogP contribution in [0.5, 0.6) is 0 Å². The predicted octanol–water partition coefficient (Wildman–Crippen LogP) is 2.97. The van der Waals surface area contributed by atoms with Crippen LogP contribution in [0.1, 0.15) is 10.7 Å². The van der Waals surface area contributed by atoms with Crippen LogP contribution >= 0.6 is 11.3 Å². The fraction of sp³-hybridized carbons (Fsp3) is 0.250. The predicted molar refractivity (Wildman–Crippen MR) is 69.8 cm³/mol. The highest BCUT2D eigenvalue weighted by molar-refractivity contribution is 7.09. The summed E-state index contributed by atoms with van der Waals surface area (Å²) in [6.07, 6.45) is 0.627. The molecular formula is C12H13F2N3S. The molecule has 1 heterocycles. The molecule has 0 unspecified atom stereocenters. The number of benzene rings is 1. The fourth-order valence-electron chi connectivity index (χ4n) is 1.57. The molecule has 0 saturated heterocycles. The summed E-state index contributed by atoms with van der Waals surface area (Å²) in [6.45, 7) is 2.33. The lowest BCUT2D eigenvalue weighted by molar-refractivity contribution is 0.589. The van der Waals surface area contributed by atoms with E-state index in [1.54, 1.807) is 0 Å². The van der Waals surface area contributed by atoms with Gasteiger partial charge in [0.1, 0.15) is 5.69 Å². The molecule has 3 nitrogen and oxygen atoms in total. The molecule has 0 fully saturated rings. The molecule has 1 aromatic carbocycles. The van der Waals surface area contributed by atoms with Crippen molar-refractivity contribution in [1.29, 1.82) is 0 Å². The number of thiazole rings is 1. The normalized spacial score (nSPS) is 10.6. The maximum atomic E-state index is 13.4.